The summed E-state index contributed by atoms with van der Waals surface area (Å²) in [5, 5.41) is 1.91. The summed E-state index contributed by atoms with van der Waals surface area (Å²) in [4.78, 5) is 28.0. The fourth-order valence-electron chi connectivity index (χ4n) is 3.22. The summed E-state index contributed by atoms with van der Waals surface area (Å²) in [7, 11) is -3.48. The van der Waals surface area contributed by atoms with Gasteiger partial charge >= 0.3 is 5.97 Å². The van der Waals surface area contributed by atoms with Gasteiger partial charge in [-0.2, -0.15) is 0 Å². The van der Waals surface area contributed by atoms with E-state index in [1.54, 1.807) is 18.2 Å². The molecule has 33 heavy (non-hydrogen) atoms. The van der Waals surface area contributed by atoms with E-state index < -0.39 is 28.3 Å². The Kier molecular flexibility index (Phi) is 6.66. The number of nitrogens with zero attached hydrogens (tertiary/aromatic N) is 1. The molecule has 0 unspecified atom stereocenters. The van der Waals surface area contributed by atoms with Gasteiger partial charge in [-0.3, -0.25) is 4.79 Å². The molecule has 0 fully saturated rings. The van der Waals surface area contributed by atoms with E-state index in [-0.39, 0.29) is 17.0 Å². The molecular weight excluding hydrogens is 466 g/mol. The number of amides is 1. The van der Waals surface area contributed by atoms with E-state index in [1.807, 2.05) is 17.5 Å². The second-order valence-corrected chi connectivity index (χ2v) is 10.3. The average Bonchev–Trinajstić information content (AvgIpc) is 3.33. The zero-order chi connectivity index (χ0) is 23.4. The van der Waals surface area contributed by atoms with Gasteiger partial charge in [0.15, 0.2) is 27.9 Å². The second-order valence-electron chi connectivity index (χ2n) is 7.26. The molecule has 8 nitrogen and oxygen atoms in total. The molecule has 1 aliphatic rings. The zero-order valence-corrected chi connectivity index (χ0v) is 19.4. The number of fused-ring (bicyclic) bond motifs is 1. The molecule has 10 heteroatoms. The van der Waals surface area contributed by atoms with Crippen molar-refractivity contribution in [2.45, 2.75) is 11.4 Å². The summed E-state index contributed by atoms with van der Waals surface area (Å²) in [6.07, 6.45) is 1.05. The molecule has 2 aromatic carbocycles. The third kappa shape index (κ3) is 5.52. The second kappa shape index (κ2) is 9.63. The third-order valence-electron chi connectivity index (χ3n) is 4.86. The maximum Gasteiger partial charge on any atom is 0.338 e. The SMILES string of the molecule is CS(=O)(=O)c1cccc(C(=O)OCC(=O)N(Cc2cccs2)c2ccc3c(c2)OCCO3)c1. The van der Waals surface area contributed by atoms with Gasteiger partial charge in [-0.15, -0.1) is 11.3 Å². The Morgan fingerprint density at radius 3 is 2.55 bits per heavy atom. The number of rotatable bonds is 7. The van der Waals surface area contributed by atoms with Crippen LogP contribution in [0, 0.1) is 0 Å². The van der Waals surface area contributed by atoms with Crippen LogP contribution in [0.2, 0.25) is 0 Å². The van der Waals surface area contributed by atoms with E-state index in [0.29, 0.717) is 30.4 Å². The molecule has 0 aliphatic carbocycles. The highest BCUT2D eigenvalue weighted by atomic mass is 32.2. The van der Waals surface area contributed by atoms with E-state index in [1.165, 1.54) is 40.5 Å². The quantitative estimate of drug-likeness (QED) is 0.472. The Morgan fingerprint density at radius 2 is 1.82 bits per heavy atom. The molecule has 0 atom stereocenters. The number of benzene rings is 2. The van der Waals surface area contributed by atoms with Crippen molar-refractivity contribution in [1.29, 1.82) is 0 Å². The number of ether oxygens (including phenoxy) is 3. The summed E-state index contributed by atoms with van der Waals surface area (Å²) >= 11 is 1.50. The fraction of sp³-hybridized carbons (Fsp3) is 0.217. The monoisotopic (exact) mass is 487 g/mol. The lowest BCUT2D eigenvalue weighted by Gasteiger charge is -2.25. The van der Waals surface area contributed by atoms with E-state index in [9.17, 15) is 18.0 Å². The van der Waals surface area contributed by atoms with E-state index in [2.05, 4.69) is 0 Å². The zero-order valence-electron chi connectivity index (χ0n) is 17.7. The molecule has 172 valence electrons. The highest BCUT2D eigenvalue weighted by Crippen LogP contribution is 2.34. The molecule has 0 saturated heterocycles. The number of hydrogen-bond donors (Lipinski definition) is 0. The first-order valence-electron chi connectivity index (χ1n) is 10.0. The molecular formula is C23H21NO7S2. The van der Waals surface area contributed by atoms with Crippen LogP contribution in [0.25, 0.3) is 0 Å². The van der Waals surface area contributed by atoms with Gasteiger partial charge in [-0.05, 0) is 41.8 Å². The third-order valence-corrected chi connectivity index (χ3v) is 6.83. The van der Waals surface area contributed by atoms with Gasteiger partial charge in [0.1, 0.15) is 13.2 Å². The molecule has 0 radical (unpaired) electrons. The Morgan fingerprint density at radius 1 is 1.03 bits per heavy atom. The maximum absolute atomic E-state index is 13.1. The number of hydrogen-bond acceptors (Lipinski definition) is 8. The first kappa shape index (κ1) is 22.8. The summed E-state index contributed by atoms with van der Waals surface area (Å²) in [5.41, 5.74) is 0.627. The van der Waals surface area contributed by atoms with Crippen LogP contribution in [0.15, 0.2) is 64.9 Å². The summed E-state index contributed by atoms with van der Waals surface area (Å²) in [6.45, 7) is 0.652. The van der Waals surface area contributed by atoms with Crippen LogP contribution in [-0.2, 0) is 25.9 Å². The number of sulfone groups is 1. The van der Waals surface area contributed by atoms with Crippen LogP contribution in [0.3, 0.4) is 0 Å². The van der Waals surface area contributed by atoms with Crippen molar-refractivity contribution in [1.82, 2.24) is 0 Å². The van der Waals surface area contributed by atoms with Gasteiger partial charge in [0.05, 0.1) is 17.0 Å². The van der Waals surface area contributed by atoms with E-state index in [0.717, 1.165) is 11.1 Å². The average molecular weight is 488 g/mol. The number of anilines is 1. The number of thiophene rings is 1. The minimum absolute atomic E-state index is 0.00104. The Bertz CT molecular complexity index is 1270. The van der Waals surface area contributed by atoms with Crippen molar-refractivity contribution in [3.8, 4) is 11.5 Å². The lowest BCUT2D eigenvalue weighted by molar-refractivity contribution is -0.121. The highest BCUT2D eigenvalue weighted by molar-refractivity contribution is 7.90. The van der Waals surface area contributed by atoms with Gasteiger partial charge in [0.25, 0.3) is 5.91 Å². The Balaban J connectivity index is 1.52. The predicted molar refractivity (Wildman–Crippen MR) is 123 cm³/mol. The number of carbonyl (C=O) groups is 2. The van der Waals surface area contributed by atoms with Gasteiger partial charge in [-0.1, -0.05) is 12.1 Å². The molecule has 1 aromatic heterocycles. The molecule has 0 bridgehead atoms. The molecule has 1 amide bonds. The van der Waals surface area contributed by atoms with E-state index in [4.69, 9.17) is 14.2 Å². The molecule has 1 aliphatic heterocycles. The Labute approximate surface area is 195 Å². The molecule has 4 rings (SSSR count). The van der Waals surface area contributed by atoms with Crippen molar-refractivity contribution in [2.75, 3.05) is 31.0 Å². The topological polar surface area (TPSA) is 99.2 Å². The van der Waals surface area contributed by atoms with Crippen LogP contribution in [0.4, 0.5) is 5.69 Å². The van der Waals surface area contributed by atoms with Gasteiger partial charge in [0.2, 0.25) is 0 Å². The Hall–Kier alpha value is -3.37. The first-order chi connectivity index (χ1) is 15.8. The lowest BCUT2D eigenvalue weighted by Crippen LogP contribution is -2.34. The van der Waals surface area contributed by atoms with Gasteiger partial charge in [0, 0.05) is 22.9 Å². The van der Waals surface area contributed by atoms with Crippen molar-refractivity contribution in [3.05, 3.63) is 70.4 Å². The minimum Gasteiger partial charge on any atom is -0.486 e. The van der Waals surface area contributed by atoms with Crippen LogP contribution in [-0.4, -0.2) is 46.4 Å². The van der Waals surface area contributed by atoms with Crippen LogP contribution >= 0.6 is 11.3 Å². The molecule has 0 saturated carbocycles. The molecule has 0 N–H and O–H groups in total. The normalized spacial score (nSPS) is 12.8. The highest BCUT2D eigenvalue weighted by Gasteiger charge is 2.22. The van der Waals surface area contributed by atoms with Crippen molar-refractivity contribution < 1.29 is 32.2 Å². The fourth-order valence-corrected chi connectivity index (χ4v) is 4.58. The first-order valence-corrected chi connectivity index (χ1v) is 12.8. The molecule has 0 spiro atoms. The van der Waals surface area contributed by atoms with E-state index >= 15 is 0 Å². The molecule has 2 heterocycles. The number of carbonyl (C=O) groups excluding carboxylic acids is 2. The van der Waals surface area contributed by atoms with Crippen molar-refractivity contribution >= 4 is 38.7 Å². The largest absolute Gasteiger partial charge is 0.486 e. The maximum atomic E-state index is 13.1. The van der Waals surface area contributed by atoms with Gasteiger partial charge in [-0.25, -0.2) is 13.2 Å². The molecule has 3 aromatic rings. The van der Waals surface area contributed by atoms with Gasteiger partial charge < -0.3 is 19.1 Å². The van der Waals surface area contributed by atoms with Crippen LogP contribution in [0.5, 0.6) is 11.5 Å². The minimum atomic E-state index is -3.48. The van der Waals surface area contributed by atoms with Crippen LogP contribution in [0.1, 0.15) is 15.2 Å². The smallest absolute Gasteiger partial charge is 0.338 e. The van der Waals surface area contributed by atoms with Crippen molar-refractivity contribution in [2.24, 2.45) is 0 Å². The summed E-state index contributed by atoms with van der Waals surface area (Å²) < 4.78 is 39.9. The van der Waals surface area contributed by atoms with Crippen molar-refractivity contribution in [3.63, 3.8) is 0 Å². The predicted octanol–water partition coefficient (Wildman–Crippen LogP) is 3.31. The standard InChI is InChI=1S/C23H21NO7S2/c1-33(27,28)19-6-2-4-16(12-19)23(26)31-15-22(25)24(14-18-5-3-11-32-18)17-7-8-20-21(13-17)30-10-9-29-20/h2-8,11-13H,9-10,14-15H2,1H3. The number of esters is 1. The summed E-state index contributed by atoms with van der Waals surface area (Å²) in [6, 6.07) is 14.5. The summed E-state index contributed by atoms with van der Waals surface area (Å²) in [5.74, 6) is -0.0807. The van der Waals surface area contributed by atoms with Crippen LogP contribution < -0.4 is 14.4 Å². The lowest BCUT2D eigenvalue weighted by atomic mass is 10.2.